The number of carbonyl (C=O) groups is 2. The largest absolute Gasteiger partial charge is 0.481 e. The second-order valence-electron chi connectivity index (χ2n) is 4.74. The Labute approximate surface area is 115 Å². The molecule has 1 amide bonds. The Bertz CT molecular complexity index is 651. The van der Waals surface area contributed by atoms with Crippen LogP contribution in [0.1, 0.15) is 6.42 Å². The number of anilines is 1. The molecular formula is C14H13N3O3. The zero-order valence-corrected chi connectivity index (χ0v) is 10.6. The van der Waals surface area contributed by atoms with E-state index >= 15 is 0 Å². The minimum Gasteiger partial charge on any atom is -0.481 e. The van der Waals surface area contributed by atoms with E-state index in [4.69, 9.17) is 5.11 Å². The van der Waals surface area contributed by atoms with Crippen LogP contribution in [0.15, 0.2) is 42.7 Å². The number of hydrogen-bond acceptors (Lipinski definition) is 3. The molecule has 1 aliphatic carbocycles. The number of carboxylic acids is 1. The molecule has 0 spiro atoms. The highest BCUT2D eigenvalue weighted by molar-refractivity contribution is 5.99. The van der Waals surface area contributed by atoms with Gasteiger partial charge in [0.15, 0.2) is 0 Å². The Hall–Kier alpha value is -2.63. The third-order valence-electron chi connectivity index (χ3n) is 3.36. The first-order valence-corrected chi connectivity index (χ1v) is 6.29. The highest BCUT2D eigenvalue weighted by Gasteiger charge is 2.48. The van der Waals surface area contributed by atoms with Gasteiger partial charge in [-0.2, -0.15) is 5.10 Å². The molecule has 0 radical (unpaired) electrons. The number of benzene rings is 1. The Morgan fingerprint density at radius 3 is 2.70 bits per heavy atom. The van der Waals surface area contributed by atoms with E-state index in [1.165, 1.54) is 0 Å². The van der Waals surface area contributed by atoms with E-state index in [1.54, 1.807) is 29.2 Å². The smallest absolute Gasteiger partial charge is 0.307 e. The van der Waals surface area contributed by atoms with E-state index in [0.29, 0.717) is 12.1 Å². The summed E-state index contributed by atoms with van der Waals surface area (Å²) in [5.41, 5.74) is 1.37. The van der Waals surface area contributed by atoms with Crippen LogP contribution in [0.25, 0.3) is 5.69 Å². The lowest BCUT2D eigenvalue weighted by atomic mass is 10.2. The molecule has 0 aliphatic heterocycles. The maximum absolute atomic E-state index is 12.0. The predicted octanol–water partition coefficient (Wildman–Crippen LogP) is 1.53. The van der Waals surface area contributed by atoms with Gasteiger partial charge in [-0.05, 0) is 24.6 Å². The highest BCUT2D eigenvalue weighted by Crippen LogP contribution is 2.39. The number of carboxylic acid groups (broad SMARTS) is 1. The average molecular weight is 271 g/mol. The molecule has 1 aromatic carbocycles. The molecule has 1 aliphatic rings. The topological polar surface area (TPSA) is 84.2 Å². The molecule has 6 nitrogen and oxygen atoms in total. The minimum absolute atomic E-state index is 0.253. The van der Waals surface area contributed by atoms with Crippen LogP contribution in [0.5, 0.6) is 0 Å². The molecule has 1 fully saturated rings. The summed E-state index contributed by atoms with van der Waals surface area (Å²) < 4.78 is 1.65. The predicted molar refractivity (Wildman–Crippen MR) is 71.4 cm³/mol. The van der Waals surface area contributed by atoms with Gasteiger partial charge in [0, 0.05) is 12.4 Å². The van der Waals surface area contributed by atoms with Crippen LogP contribution < -0.4 is 5.32 Å². The van der Waals surface area contributed by atoms with Crippen molar-refractivity contribution in [2.45, 2.75) is 6.42 Å². The fourth-order valence-electron chi connectivity index (χ4n) is 2.17. The molecule has 0 bridgehead atoms. The summed E-state index contributed by atoms with van der Waals surface area (Å²) >= 11 is 0. The van der Waals surface area contributed by atoms with Crippen molar-refractivity contribution < 1.29 is 14.7 Å². The summed E-state index contributed by atoms with van der Waals surface area (Å²) in [6.07, 6.45) is 3.84. The van der Waals surface area contributed by atoms with Gasteiger partial charge < -0.3 is 10.4 Å². The number of aliphatic carboxylic acids is 1. The number of hydrogen-bond donors (Lipinski definition) is 2. The maximum atomic E-state index is 12.0. The van der Waals surface area contributed by atoms with E-state index in [-0.39, 0.29) is 5.91 Å². The number of carbonyl (C=O) groups excluding carboxylic acids is 1. The van der Waals surface area contributed by atoms with E-state index in [2.05, 4.69) is 10.4 Å². The first kappa shape index (κ1) is 12.4. The minimum atomic E-state index is -0.912. The van der Waals surface area contributed by atoms with Crippen molar-refractivity contribution >= 4 is 17.6 Å². The molecule has 1 aromatic heterocycles. The molecule has 2 atom stereocenters. The van der Waals surface area contributed by atoms with Crippen molar-refractivity contribution in [1.82, 2.24) is 9.78 Å². The number of para-hydroxylation sites is 2. The Morgan fingerprint density at radius 2 is 2.05 bits per heavy atom. The molecule has 1 heterocycles. The number of aromatic nitrogens is 2. The van der Waals surface area contributed by atoms with Crippen molar-refractivity contribution in [3.63, 3.8) is 0 Å². The van der Waals surface area contributed by atoms with Gasteiger partial charge >= 0.3 is 5.97 Å². The monoisotopic (exact) mass is 271 g/mol. The summed E-state index contributed by atoms with van der Waals surface area (Å²) in [7, 11) is 0. The molecule has 6 heteroatoms. The second kappa shape index (κ2) is 4.80. The molecule has 2 aromatic rings. The van der Waals surface area contributed by atoms with Crippen molar-refractivity contribution in [2.75, 3.05) is 5.32 Å². The molecule has 1 saturated carbocycles. The van der Waals surface area contributed by atoms with Crippen molar-refractivity contribution in [3.05, 3.63) is 42.7 Å². The first-order valence-electron chi connectivity index (χ1n) is 6.29. The van der Waals surface area contributed by atoms with Gasteiger partial charge in [-0.3, -0.25) is 9.59 Å². The van der Waals surface area contributed by atoms with Crippen LogP contribution in [0.4, 0.5) is 5.69 Å². The number of nitrogens with one attached hydrogen (secondary N) is 1. The van der Waals surface area contributed by atoms with Gasteiger partial charge in [0.2, 0.25) is 5.91 Å². The van der Waals surface area contributed by atoms with Crippen LogP contribution in [0.3, 0.4) is 0 Å². The Balaban J connectivity index is 1.79. The number of rotatable bonds is 4. The average Bonchev–Trinajstić information content (AvgIpc) is 3.08. The third kappa shape index (κ3) is 2.27. The molecule has 20 heavy (non-hydrogen) atoms. The van der Waals surface area contributed by atoms with Crippen LogP contribution >= 0.6 is 0 Å². The van der Waals surface area contributed by atoms with E-state index in [1.807, 2.05) is 18.2 Å². The fraction of sp³-hybridized carbons (Fsp3) is 0.214. The highest BCUT2D eigenvalue weighted by atomic mass is 16.4. The first-order chi connectivity index (χ1) is 9.66. The van der Waals surface area contributed by atoms with Gasteiger partial charge in [0.1, 0.15) is 0 Å². The zero-order chi connectivity index (χ0) is 14.1. The van der Waals surface area contributed by atoms with Gasteiger partial charge in [-0.25, -0.2) is 4.68 Å². The standard InChI is InChI=1S/C14H13N3O3/c18-13(9-8-10(9)14(19)20)16-11-4-1-2-5-12(11)17-7-3-6-15-17/h1-7,9-10H,8H2,(H,16,18)(H,19,20). The quantitative estimate of drug-likeness (QED) is 0.883. The molecule has 102 valence electrons. The van der Waals surface area contributed by atoms with Gasteiger partial charge in [0.05, 0.1) is 23.2 Å². The molecular weight excluding hydrogens is 258 g/mol. The Kier molecular flexibility index (Phi) is 2.98. The summed E-state index contributed by atoms with van der Waals surface area (Å²) in [6.45, 7) is 0. The lowest BCUT2D eigenvalue weighted by Crippen LogP contribution is -2.18. The summed E-state index contributed by atoms with van der Waals surface area (Å²) in [5.74, 6) is -2.15. The van der Waals surface area contributed by atoms with Crippen LogP contribution in [0.2, 0.25) is 0 Å². The van der Waals surface area contributed by atoms with E-state index in [9.17, 15) is 9.59 Å². The lowest BCUT2D eigenvalue weighted by Gasteiger charge is -2.10. The van der Waals surface area contributed by atoms with Gasteiger partial charge in [-0.1, -0.05) is 12.1 Å². The van der Waals surface area contributed by atoms with Gasteiger partial charge in [0.25, 0.3) is 0 Å². The third-order valence-corrected chi connectivity index (χ3v) is 3.36. The summed E-state index contributed by atoms with van der Waals surface area (Å²) in [6, 6.07) is 9.06. The summed E-state index contributed by atoms with van der Waals surface area (Å²) in [4.78, 5) is 22.8. The normalized spacial score (nSPS) is 20.4. The zero-order valence-electron chi connectivity index (χ0n) is 10.6. The second-order valence-corrected chi connectivity index (χ2v) is 4.74. The number of amides is 1. The molecule has 2 unspecified atom stereocenters. The van der Waals surface area contributed by atoms with Crippen LogP contribution in [-0.2, 0) is 9.59 Å². The SMILES string of the molecule is O=C(O)C1CC1C(=O)Nc1ccccc1-n1cccn1. The van der Waals surface area contributed by atoms with Crippen LogP contribution in [-0.4, -0.2) is 26.8 Å². The summed E-state index contributed by atoms with van der Waals surface area (Å²) in [5, 5.41) is 15.8. The maximum Gasteiger partial charge on any atom is 0.307 e. The van der Waals surface area contributed by atoms with Crippen LogP contribution in [0, 0.1) is 11.8 Å². The van der Waals surface area contributed by atoms with Crippen molar-refractivity contribution in [2.24, 2.45) is 11.8 Å². The van der Waals surface area contributed by atoms with Gasteiger partial charge in [-0.15, -0.1) is 0 Å². The number of nitrogens with zero attached hydrogens (tertiary/aromatic N) is 2. The molecule has 3 rings (SSSR count). The fourth-order valence-corrected chi connectivity index (χ4v) is 2.17. The lowest BCUT2D eigenvalue weighted by molar-refractivity contribution is -0.139. The Morgan fingerprint density at radius 1 is 1.25 bits per heavy atom. The molecule has 2 N–H and O–H groups in total. The van der Waals surface area contributed by atoms with Crippen molar-refractivity contribution in [1.29, 1.82) is 0 Å². The van der Waals surface area contributed by atoms with Crippen molar-refractivity contribution in [3.8, 4) is 5.69 Å². The van der Waals surface area contributed by atoms with E-state index < -0.39 is 17.8 Å². The molecule has 0 saturated heterocycles. The van der Waals surface area contributed by atoms with E-state index in [0.717, 1.165) is 5.69 Å².